The number of sulfonamides is 2. The zero-order chi connectivity index (χ0) is 21.6. The fraction of sp³-hybridized carbons (Fsp3) is 0.316. The Kier molecular flexibility index (Phi) is 5.68. The molecule has 3 aromatic rings. The Bertz CT molecular complexity index is 1260. The van der Waals surface area contributed by atoms with Crippen LogP contribution in [0.5, 0.6) is 0 Å². The molecule has 2 aromatic heterocycles. The first-order chi connectivity index (χ1) is 13.5. The smallest absolute Gasteiger partial charge is 0.248 e. The first-order valence-electron chi connectivity index (χ1n) is 8.99. The van der Waals surface area contributed by atoms with Gasteiger partial charge in [0.1, 0.15) is 0 Å². The number of benzene rings is 1. The van der Waals surface area contributed by atoms with E-state index < -0.39 is 20.0 Å². The molecule has 0 aliphatic heterocycles. The monoisotopic (exact) mass is 455 g/mol. The van der Waals surface area contributed by atoms with E-state index in [0.29, 0.717) is 14.3 Å². The highest BCUT2D eigenvalue weighted by atomic mass is 35.5. The van der Waals surface area contributed by atoms with Gasteiger partial charge < -0.3 is 4.57 Å². The SMILES string of the molecule is CCS(=O)(=O)N(c1cncc(-c2c(C)c3ccc(Cl)cc3n2C)c1)S(=O)(=O)CC. The van der Waals surface area contributed by atoms with Gasteiger partial charge in [0.05, 0.1) is 29.1 Å². The van der Waals surface area contributed by atoms with Crippen molar-refractivity contribution in [2.75, 3.05) is 15.2 Å². The van der Waals surface area contributed by atoms with Gasteiger partial charge in [-0.2, -0.15) is 3.71 Å². The van der Waals surface area contributed by atoms with Gasteiger partial charge in [-0.05, 0) is 44.5 Å². The molecule has 156 valence electrons. The van der Waals surface area contributed by atoms with Gasteiger partial charge in [-0.15, -0.1) is 0 Å². The second-order valence-electron chi connectivity index (χ2n) is 6.62. The highest BCUT2D eigenvalue weighted by molar-refractivity contribution is 8.10. The number of hydrogen-bond donors (Lipinski definition) is 0. The van der Waals surface area contributed by atoms with Crippen LogP contribution in [-0.2, 0) is 27.1 Å². The lowest BCUT2D eigenvalue weighted by atomic mass is 10.1. The molecule has 0 saturated carbocycles. The van der Waals surface area contributed by atoms with Crippen LogP contribution in [0.1, 0.15) is 19.4 Å². The molecule has 0 unspecified atom stereocenters. The third kappa shape index (κ3) is 3.74. The van der Waals surface area contributed by atoms with Crippen LogP contribution < -0.4 is 3.71 Å². The van der Waals surface area contributed by atoms with Crippen molar-refractivity contribution in [2.45, 2.75) is 20.8 Å². The van der Waals surface area contributed by atoms with E-state index in [1.54, 1.807) is 12.3 Å². The number of pyridine rings is 1. The first kappa shape index (κ1) is 21.6. The molecule has 0 atom stereocenters. The number of aromatic nitrogens is 2. The number of rotatable bonds is 6. The Morgan fingerprint density at radius 1 is 1.03 bits per heavy atom. The summed E-state index contributed by atoms with van der Waals surface area (Å²) in [7, 11) is -6.23. The fourth-order valence-electron chi connectivity index (χ4n) is 3.40. The second kappa shape index (κ2) is 7.62. The van der Waals surface area contributed by atoms with Crippen molar-refractivity contribution < 1.29 is 16.8 Å². The molecular weight excluding hydrogens is 434 g/mol. The summed E-state index contributed by atoms with van der Waals surface area (Å²) in [5, 5.41) is 1.60. The minimum Gasteiger partial charge on any atom is -0.343 e. The molecule has 10 heteroatoms. The summed E-state index contributed by atoms with van der Waals surface area (Å²) in [6, 6.07) is 7.11. The molecule has 0 bridgehead atoms. The average molecular weight is 456 g/mol. The third-order valence-electron chi connectivity index (χ3n) is 4.86. The Hall–Kier alpha value is -2.10. The van der Waals surface area contributed by atoms with Crippen LogP contribution in [0.4, 0.5) is 5.69 Å². The van der Waals surface area contributed by atoms with Crippen molar-refractivity contribution in [3.05, 3.63) is 47.2 Å². The molecule has 3 rings (SSSR count). The Balaban J connectivity index is 2.27. The van der Waals surface area contributed by atoms with E-state index in [1.165, 1.54) is 26.1 Å². The van der Waals surface area contributed by atoms with Crippen LogP contribution in [0.25, 0.3) is 22.2 Å². The van der Waals surface area contributed by atoms with Gasteiger partial charge in [-0.1, -0.05) is 17.7 Å². The maximum Gasteiger partial charge on any atom is 0.248 e. The third-order valence-corrected chi connectivity index (χ3v) is 9.35. The van der Waals surface area contributed by atoms with E-state index in [-0.39, 0.29) is 17.2 Å². The maximum absolute atomic E-state index is 12.6. The molecule has 0 fully saturated rings. The molecule has 0 N–H and O–H groups in total. The van der Waals surface area contributed by atoms with Crippen LogP contribution in [0, 0.1) is 6.92 Å². The molecule has 0 saturated heterocycles. The van der Waals surface area contributed by atoms with Crippen molar-refractivity contribution >= 4 is 48.2 Å². The summed E-state index contributed by atoms with van der Waals surface area (Å²) in [6.07, 6.45) is 2.83. The molecule has 0 aliphatic carbocycles. The van der Waals surface area contributed by atoms with E-state index in [4.69, 9.17) is 11.6 Å². The van der Waals surface area contributed by atoms with Crippen LogP contribution in [-0.4, -0.2) is 37.9 Å². The molecule has 7 nitrogen and oxygen atoms in total. The van der Waals surface area contributed by atoms with Crippen LogP contribution >= 0.6 is 11.6 Å². The molecule has 0 aliphatic rings. The van der Waals surface area contributed by atoms with Crippen molar-refractivity contribution in [1.82, 2.24) is 9.55 Å². The number of hydrogen-bond acceptors (Lipinski definition) is 5. The van der Waals surface area contributed by atoms with Crippen molar-refractivity contribution in [2.24, 2.45) is 7.05 Å². The van der Waals surface area contributed by atoms with Crippen LogP contribution in [0.3, 0.4) is 0 Å². The highest BCUT2D eigenvalue weighted by Crippen LogP contribution is 2.35. The average Bonchev–Trinajstić information content (AvgIpc) is 2.91. The molecule has 2 heterocycles. The molecule has 0 spiro atoms. The summed E-state index contributed by atoms with van der Waals surface area (Å²) < 4.78 is 52.7. The summed E-state index contributed by atoms with van der Waals surface area (Å²) in [6.45, 7) is 4.76. The van der Waals surface area contributed by atoms with Crippen LogP contribution in [0.2, 0.25) is 5.02 Å². The molecule has 29 heavy (non-hydrogen) atoms. The number of halogens is 1. The predicted octanol–water partition coefficient (Wildman–Crippen LogP) is 3.71. The van der Waals surface area contributed by atoms with Gasteiger partial charge >= 0.3 is 0 Å². The number of aryl methyl sites for hydroxylation is 2. The largest absolute Gasteiger partial charge is 0.343 e. The molecular formula is C19H22ClN3O4S2. The quantitative estimate of drug-likeness (QED) is 0.565. The Labute approximate surface area is 176 Å². The summed E-state index contributed by atoms with van der Waals surface area (Å²) in [5.74, 6) is -0.690. The fourth-order valence-corrected chi connectivity index (χ4v) is 6.89. The summed E-state index contributed by atoms with van der Waals surface area (Å²) in [4.78, 5) is 4.14. The zero-order valence-corrected chi connectivity index (χ0v) is 18.9. The zero-order valence-electron chi connectivity index (χ0n) is 16.5. The van der Waals surface area contributed by atoms with Gasteiger partial charge in [-0.25, -0.2) is 16.8 Å². The van der Waals surface area contributed by atoms with E-state index in [2.05, 4.69) is 4.98 Å². The lowest BCUT2D eigenvalue weighted by molar-refractivity contribution is 0.585. The topological polar surface area (TPSA) is 89.3 Å². The standard InChI is InChI=1S/C19H22ClN3O4S2/c1-5-28(24,25)23(29(26,27)6-2)16-9-14(11-21-12-16)19-13(3)17-8-7-15(20)10-18(17)22(19)4/h7-12H,5-6H2,1-4H3. The van der Waals surface area contributed by atoms with E-state index in [1.807, 2.05) is 30.7 Å². The minimum absolute atomic E-state index is 0.00566. The summed E-state index contributed by atoms with van der Waals surface area (Å²) >= 11 is 6.13. The second-order valence-corrected chi connectivity index (χ2v) is 11.5. The normalized spacial score (nSPS) is 12.4. The van der Waals surface area contributed by atoms with E-state index >= 15 is 0 Å². The number of anilines is 1. The Morgan fingerprint density at radius 3 is 2.24 bits per heavy atom. The van der Waals surface area contributed by atoms with E-state index in [0.717, 1.165) is 22.2 Å². The van der Waals surface area contributed by atoms with Crippen molar-refractivity contribution in [3.63, 3.8) is 0 Å². The van der Waals surface area contributed by atoms with E-state index in [9.17, 15) is 16.8 Å². The number of nitrogens with zero attached hydrogens (tertiary/aromatic N) is 3. The lowest BCUT2D eigenvalue weighted by Crippen LogP contribution is -2.39. The van der Waals surface area contributed by atoms with Gasteiger partial charge in [0, 0.05) is 34.7 Å². The van der Waals surface area contributed by atoms with Crippen molar-refractivity contribution in [1.29, 1.82) is 0 Å². The van der Waals surface area contributed by atoms with Gasteiger partial charge in [0.2, 0.25) is 20.0 Å². The summed E-state index contributed by atoms with van der Waals surface area (Å²) in [5.41, 5.74) is 3.28. The first-order valence-corrected chi connectivity index (χ1v) is 12.6. The predicted molar refractivity (Wildman–Crippen MR) is 117 cm³/mol. The van der Waals surface area contributed by atoms with Crippen molar-refractivity contribution in [3.8, 4) is 11.3 Å². The van der Waals surface area contributed by atoms with Gasteiger partial charge in [-0.3, -0.25) is 4.98 Å². The number of fused-ring (bicyclic) bond motifs is 1. The molecule has 0 amide bonds. The van der Waals surface area contributed by atoms with Gasteiger partial charge in [0.15, 0.2) is 0 Å². The molecule has 1 aromatic carbocycles. The Morgan fingerprint density at radius 2 is 1.66 bits per heavy atom. The van der Waals surface area contributed by atoms with Gasteiger partial charge in [0.25, 0.3) is 0 Å². The highest BCUT2D eigenvalue weighted by Gasteiger charge is 2.32. The molecule has 0 radical (unpaired) electrons. The minimum atomic E-state index is -4.05. The van der Waals surface area contributed by atoms with Crippen LogP contribution in [0.15, 0.2) is 36.7 Å². The maximum atomic E-state index is 12.6. The lowest BCUT2D eigenvalue weighted by Gasteiger charge is -2.23.